The monoisotopic (exact) mass is 653 g/mol. The molecule has 0 radical (unpaired) electrons. The first-order valence-corrected chi connectivity index (χ1v) is 18.0. The fourth-order valence-electron chi connectivity index (χ4n) is 7.89. The van der Waals surface area contributed by atoms with Crippen molar-refractivity contribution < 1.29 is 0 Å². The van der Waals surface area contributed by atoms with Crippen LogP contribution >= 0.6 is 0 Å². The van der Waals surface area contributed by atoms with E-state index >= 15 is 0 Å². The van der Waals surface area contributed by atoms with Crippen LogP contribution < -0.4 is 5.32 Å². The van der Waals surface area contributed by atoms with Crippen molar-refractivity contribution in [2.75, 3.05) is 5.32 Å². The van der Waals surface area contributed by atoms with Crippen molar-refractivity contribution in [2.24, 2.45) is 0 Å². The number of hydrogen-bond acceptors (Lipinski definition) is 1. The van der Waals surface area contributed by atoms with Crippen LogP contribution in [0.3, 0.4) is 0 Å². The summed E-state index contributed by atoms with van der Waals surface area (Å²) in [5, 5.41) is 14.1. The van der Waals surface area contributed by atoms with Gasteiger partial charge in [0.1, 0.15) is 0 Å². The predicted molar refractivity (Wildman–Crippen MR) is 220 cm³/mol. The van der Waals surface area contributed by atoms with E-state index in [1.165, 1.54) is 82.0 Å². The van der Waals surface area contributed by atoms with Crippen LogP contribution in [0.1, 0.15) is 25.8 Å². The maximum absolute atomic E-state index is 3.88. The zero-order valence-corrected chi connectivity index (χ0v) is 29.0. The first kappa shape index (κ1) is 30.8. The second-order valence-corrected chi connectivity index (χ2v) is 13.9. The topological polar surface area (TPSA) is 12.0 Å². The Hall–Kier alpha value is -6.18. The van der Waals surface area contributed by atoms with E-state index in [2.05, 4.69) is 201 Å². The zero-order chi connectivity index (χ0) is 34.4. The molecule has 51 heavy (non-hydrogen) atoms. The van der Waals surface area contributed by atoms with Gasteiger partial charge in [0.25, 0.3) is 0 Å². The van der Waals surface area contributed by atoms with Gasteiger partial charge >= 0.3 is 0 Å². The molecule has 0 aliphatic heterocycles. The van der Waals surface area contributed by atoms with E-state index in [1.54, 1.807) is 0 Å². The molecule has 0 saturated carbocycles. The summed E-state index contributed by atoms with van der Waals surface area (Å²) >= 11 is 0. The molecular formula is C50H39N. The third-order valence-corrected chi connectivity index (χ3v) is 10.9. The van der Waals surface area contributed by atoms with Crippen LogP contribution in [0.5, 0.6) is 0 Å². The summed E-state index contributed by atoms with van der Waals surface area (Å²) in [5.74, 6) is 0. The van der Waals surface area contributed by atoms with Crippen molar-refractivity contribution >= 4 is 48.8 Å². The zero-order valence-electron chi connectivity index (χ0n) is 29.0. The smallest absolute Gasteiger partial charge is 0.0594 e. The molecule has 0 fully saturated rings. The molecule has 0 amide bonds. The van der Waals surface area contributed by atoms with Gasteiger partial charge in [-0.1, -0.05) is 165 Å². The first-order valence-electron chi connectivity index (χ1n) is 18.0. The van der Waals surface area contributed by atoms with Gasteiger partial charge in [0.15, 0.2) is 0 Å². The normalized spacial score (nSPS) is 12.7. The van der Waals surface area contributed by atoms with Crippen LogP contribution in [0.2, 0.25) is 0 Å². The van der Waals surface area contributed by atoms with Gasteiger partial charge in [-0.15, -0.1) is 0 Å². The molecule has 0 aromatic heterocycles. The van der Waals surface area contributed by atoms with Gasteiger partial charge in [-0.05, 0) is 120 Å². The number of benzene rings is 9. The highest BCUT2D eigenvalue weighted by molar-refractivity contribution is 6.14. The molecule has 1 atom stereocenters. The summed E-state index contributed by atoms with van der Waals surface area (Å²) in [6.07, 6.45) is 0.955. The minimum Gasteiger partial charge on any atom is -0.376 e. The van der Waals surface area contributed by atoms with E-state index in [0.717, 1.165) is 12.1 Å². The van der Waals surface area contributed by atoms with Crippen LogP contribution in [-0.4, -0.2) is 0 Å². The fourth-order valence-corrected chi connectivity index (χ4v) is 7.89. The molecule has 0 heterocycles. The van der Waals surface area contributed by atoms with Crippen molar-refractivity contribution in [3.05, 3.63) is 188 Å². The highest BCUT2D eigenvalue weighted by atomic mass is 15.0. The molecule has 0 aliphatic rings. The lowest BCUT2D eigenvalue weighted by molar-refractivity contribution is 0.523. The van der Waals surface area contributed by atoms with Gasteiger partial charge in [0.2, 0.25) is 0 Å². The van der Waals surface area contributed by atoms with Gasteiger partial charge in [0, 0.05) is 5.69 Å². The molecule has 0 saturated heterocycles. The Morgan fingerprint density at radius 1 is 0.412 bits per heavy atom. The quantitative estimate of drug-likeness (QED) is 0.133. The Bertz CT molecular complexity index is 2630. The maximum atomic E-state index is 3.88. The molecule has 0 spiro atoms. The molecule has 9 aromatic carbocycles. The molecule has 1 heteroatoms. The largest absolute Gasteiger partial charge is 0.376 e. The lowest BCUT2D eigenvalue weighted by Crippen LogP contribution is -2.30. The Balaban J connectivity index is 0.975. The number of nitrogens with one attached hydrogen (secondary N) is 1. The van der Waals surface area contributed by atoms with Crippen molar-refractivity contribution in [1.29, 1.82) is 0 Å². The average Bonchev–Trinajstić information content (AvgIpc) is 3.20. The molecular weight excluding hydrogens is 615 g/mol. The average molecular weight is 654 g/mol. The predicted octanol–water partition coefficient (Wildman–Crippen LogP) is 14.0. The Kier molecular flexibility index (Phi) is 7.63. The van der Waals surface area contributed by atoms with E-state index in [1.807, 2.05) is 0 Å². The number of fused-ring (bicyclic) bond motifs is 5. The van der Waals surface area contributed by atoms with Crippen LogP contribution in [0.15, 0.2) is 182 Å². The van der Waals surface area contributed by atoms with E-state index in [4.69, 9.17) is 0 Å². The third kappa shape index (κ3) is 5.52. The van der Waals surface area contributed by atoms with Gasteiger partial charge in [-0.25, -0.2) is 0 Å². The van der Waals surface area contributed by atoms with Gasteiger partial charge in [-0.2, -0.15) is 0 Å². The lowest BCUT2D eigenvalue weighted by Gasteiger charge is -2.32. The molecule has 1 nitrogen and oxygen atoms in total. The highest BCUT2D eigenvalue weighted by Gasteiger charge is 2.24. The molecule has 244 valence electrons. The minimum absolute atomic E-state index is 0.213. The summed E-state index contributed by atoms with van der Waals surface area (Å²) in [6.45, 7) is 4.56. The maximum Gasteiger partial charge on any atom is 0.0594 e. The summed E-state index contributed by atoms with van der Waals surface area (Å²) in [7, 11) is 0. The van der Waals surface area contributed by atoms with Crippen LogP contribution in [0.4, 0.5) is 5.69 Å². The summed E-state index contributed by atoms with van der Waals surface area (Å²) in [4.78, 5) is 0. The van der Waals surface area contributed by atoms with Crippen LogP contribution in [0, 0.1) is 0 Å². The molecule has 9 rings (SSSR count). The number of rotatable bonds is 7. The Labute approximate surface area is 299 Å². The number of anilines is 1. The van der Waals surface area contributed by atoms with Gasteiger partial charge < -0.3 is 5.32 Å². The second-order valence-electron chi connectivity index (χ2n) is 13.9. The summed E-state index contributed by atoms with van der Waals surface area (Å²) < 4.78 is 0. The molecule has 0 aliphatic carbocycles. The Morgan fingerprint density at radius 3 is 1.45 bits per heavy atom. The Morgan fingerprint density at radius 2 is 0.863 bits per heavy atom. The molecule has 9 aromatic rings. The van der Waals surface area contributed by atoms with E-state index in [-0.39, 0.29) is 5.54 Å². The minimum atomic E-state index is -0.213. The fraction of sp³-hybridized carbons (Fsp3) is 0.0800. The molecule has 1 N–H and O–H groups in total. The van der Waals surface area contributed by atoms with E-state index < -0.39 is 0 Å². The molecule has 0 bridgehead atoms. The first-order chi connectivity index (χ1) is 25.1. The lowest BCUT2D eigenvalue weighted by atomic mass is 9.87. The van der Waals surface area contributed by atoms with Crippen molar-refractivity contribution in [3.63, 3.8) is 0 Å². The van der Waals surface area contributed by atoms with Gasteiger partial charge in [-0.3, -0.25) is 0 Å². The van der Waals surface area contributed by atoms with E-state index in [9.17, 15) is 0 Å². The van der Waals surface area contributed by atoms with Crippen LogP contribution in [-0.2, 0) is 5.54 Å². The van der Waals surface area contributed by atoms with Gasteiger partial charge in [0.05, 0.1) is 5.54 Å². The number of hydrogen-bond donors (Lipinski definition) is 1. The second kappa shape index (κ2) is 12.6. The van der Waals surface area contributed by atoms with Crippen molar-refractivity contribution in [2.45, 2.75) is 25.8 Å². The third-order valence-electron chi connectivity index (χ3n) is 10.9. The summed E-state index contributed by atoms with van der Waals surface area (Å²) in [5.41, 5.74) is 9.66. The molecule has 1 unspecified atom stereocenters. The standard InChI is InChI=1S/C50H39N/c1-3-50(2,51-42-30-26-36(27-31-42)48-33-40-14-4-7-15-43(40)46-18-10-11-19-47(46)48)41-28-24-35(25-29-41)34-20-22-37(23-21-34)49-44-16-8-5-12-38(44)32-39-13-6-9-17-45(39)49/h4-33,51H,3H2,1-2H3. The van der Waals surface area contributed by atoms with E-state index in [0.29, 0.717) is 0 Å². The van der Waals surface area contributed by atoms with Crippen molar-refractivity contribution in [1.82, 2.24) is 0 Å². The van der Waals surface area contributed by atoms with Crippen LogP contribution in [0.25, 0.3) is 76.5 Å². The van der Waals surface area contributed by atoms with Crippen molar-refractivity contribution in [3.8, 4) is 33.4 Å². The highest BCUT2D eigenvalue weighted by Crippen LogP contribution is 2.39. The summed E-state index contributed by atoms with van der Waals surface area (Å²) in [6, 6.07) is 66.6. The SMILES string of the molecule is CCC(C)(Nc1ccc(-c2cc3ccccc3c3ccccc23)cc1)c1ccc(-c2ccc(-c3c4ccccc4cc4ccccc34)cc2)cc1.